The minimum absolute atomic E-state index is 0. The molecule has 3 rings (SSSR count). The fourth-order valence-corrected chi connectivity index (χ4v) is 3.69. The Morgan fingerprint density at radius 1 is 1.17 bits per heavy atom. The molecule has 128 valence electrons. The Hall–Kier alpha value is -1.13. The van der Waals surface area contributed by atoms with Gasteiger partial charge in [0.2, 0.25) is 5.91 Å². The van der Waals surface area contributed by atoms with Crippen LogP contribution in [0.5, 0.6) is 0 Å². The maximum atomic E-state index is 13.0. The number of carbonyl (C=O) groups is 1. The topological polar surface area (TPSA) is 32.3 Å². The molecule has 3 nitrogen and oxygen atoms in total. The number of carbonyl (C=O) groups excluding carboxylic acids is 1. The maximum Gasteiger partial charge on any atom is 0.227 e. The van der Waals surface area contributed by atoms with E-state index in [2.05, 4.69) is 10.2 Å². The molecule has 0 aromatic heterocycles. The lowest BCUT2D eigenvalue weighted by atomic mass is 10.0. The van der Waals surface area contributed by atoms with Gasteiger partial charge in [0, 0.05) is 19.1 Å². The van der Waals surface area contributed by atoms with Crippen LogP contribution < -0.4 is 5.32 Å². The summed E-state index contributed by atoms with van der Waals surface area (Å²) in [6.45, 7) is 2.52. The molecule has 2 fully saturated rings. The second-order valence-corrected chi connectivity index (χ2v) is 6.54. The number of hydrogen-bond donors (Lipinski definition) is 1. The molecule has 1 aromatic rings. The van der Waals surface area contributed by atoms with Crippen molar-refractivity contribution in [3.8, 4) is 0 Å². The van der Waals surface area contributed by atoms with E-state index in [0.29, 0.717) is 11.9 Å². The normalized spacial score (nSPS) is 21.2. The largest absolute Gasteiger partial charge is 0.339 e. The van der Waals surface area contributed by atoms with Gasteiger partial charge in [-0.25, -0.2) is 4.39 Å². The summed E-state index contributed by atoms with van der Waals surface area (Å²) in [5.41, 5.74) is 1.10. The van der Waals surface area contributed by atoms with Gasteiger partial charge in [-0.15, -0.1) is 12.4 Å². The first-order chi connectivity index (χ1) is 10.7. The van der Waals surface area contributed by atoms with E-state index in [1.165, 1.54) is 25.0 Å². The van der Waals surface area contributed by atoms with E-state index in [1.54, 1.807) is 0 Å². The number of rotatable bonds is 5. The van der Waals surface area contributed by atoms with E-state index in [0.717, 1.165) is 50.9 Å². The third-order valence-electron chi connectivity index (χ3n) is 5.01. The van der Waals surface area contributed by atoms with Gasteiger partial charge in [0.15, 0.2) is 0 Å². The molecule has 1 unspecified atom stereocenters. The van der Waals surface area contributed by atoms with Crippen molar-refractivity contribution in [1.29, 1.82) is 0 Å². The molecule has 1 saturated heterocycles. The molecule has 0 radical (unpaired) electrons. The average molecular weight is 341 g/mol. The minimum Gasteiger partial charge on any atom is -0.339 e. The van der Waals surface area contributed by atoms with Crippen molar-refractivity contribution in [1.82, 2.24) is 10.2 Å². The Balaban J connectivity index is 0.00000192. The molecular formula is C18H26ClFN2O. The van der Waals surface area contributed by atoms with E-state index in [4.69, 9.17) is 0 Å². The van der Waals surface area contributed by atoms with Gasteiger partial charge in [0.1, 0.15) is 5.82 Å². The van der Waals surface area contributed by atoms with Crippen LogP contribution in [-0.4, -0.2) is 36.5 Å². The molecular weight excluding hydrogens is 315 g/mol. The molecule has 0 spiro atoms. The van der Waals surface area contributed by atoms with Gasteiger partial charge in [0.05, 0.1) is 5.92 Å². The van der Waals surface area contributed by atoms with Crippen molar-refractivity contribution in [2.45, 2.75) is 44.6 Å². The fraction of sp³-hybridized carbons (Fsp3) is 0.611. The molecule has 1 N–H and O–H groups in total. The van der Waals surface area contributed by atoms with Crippen LogP contribution in [0.4, 0.5) is 4.39 Å². The van der Waals surface area contributed by atoms with E-state index < -0.39 is 0 Å². The molecule has 1 aromatic carbocycles. The van der Waals surface area contributed by atoms with Crippen molar-refractivity contribution in [3.05, 3.63) is 35.6 Å². The summed E-state index contributed by atoms with van der Waals surface area (Å²) in [6.07, 6.45) is 6.49. The van der Waals surface area contributed by atoms with E-state index in [9.17, 15) is 9.18 Å². The lowest BCUT2D eigenvalue weighted by Crippen LogP contribution is -2.44. The monoisotopic (exact) mass is 340 g/mol. The summed E-state index contributed by atoms with van der Waals surface area (Å²) in [5.74, 6) is 0.261. The molecule has 1 aliphatic heterocycles. The number of hydrogen-bond acceptors (Lipinski definition) is 2. The van der Waals surface area contributed by atoms with E-state index in [-0.39, 0.29) is 24.1 Å². The van der Waals surface area contributed by atoms with E-state index >= 15 is 0 Å². The van der Waals surface area contributed by atoms with Gasteiger partial charge in [-0.05, 0) is 49.9 Å². The first kappa shape index (κ1) is 18.2. The Kier molecular flexibility index (Phi) is 6.85. The van der Waals surface area contributed by atoms with Crippen LogP contribution in [0.3, 0.4) is 0 Å². The highest BCUT2D eigenvalue weighted by atomic mass is 35.5. The van der Waals surface area contributed by atoms with Gasteiger partial charge in [-0.3, -0.25) is 4.79 Å². The van der Waals surface area contributed by atoms with Crippen LogP contribution in [0.1, 0.15) is 37.7 Å². The third kappa shape index (κ3) is 4.67. The average Bonchev–Trinajstić information content (AvgIpc) is 3.22. The van der Waals surface area contributed by atoms with Gasteiger partial charge in [-0.1, -0.05) is 25.0 Å². The van der Waals surface area contributed by atoms with Crippen molar-refractivity contribution >= 4 is 18.3 Å². The summed E-state index contributed by atoms with van der Waals surface area (Å²) < 4.78 is 13.0. The van der Waals surface area contributed by atoms with Crippen molar-refractivity contribution in [2.24, 2.45) is 5.92 Å². The predicted molar refractivity (Wildman–Crippen MR) is 92.3 cm³/mol. The molecule has 0 bridgehead atoms. The van der Waals surface area contributed by atoms with Crippen LogP contribution in [0.2, 0.25) is 0 Å². The lowest BCUT2D eigenvalue weighted by Gasteiger charge is -2.31. The number of nitrogens with one attached hydrogen (secondary N) is 1. The molecule has 5 heteroatoms. The summed E-state index contributed by atoms with van der Waals surface area (Å²) >= 11 is 0. The number of benzene rings is 1. The molecule has 1 atom stereocenters. The summed E-state index contributed by atoms with van der Waals surface area (Å²) in [6, 6.07) is 7.05. The highest BCUT2D eigenvalue weighted by molar-refractivity contribution is 5.85. The molecule has 1 amide bonds. The zero-order chi connectivity index (χ0) is 15.4. The standard InChI is InChI=1S/C18H25FN2O.ClH/c19-16-7-5-14(6-8-16)10-12-21(17-3-1-2-4-17)18(22)15-9-11-20-13-15;/h5-8,15,17,20H,1-4,9-13H2;1H. The van der Waals surface area contributed by atoms with Crippen molar-refractivity contribution < 1.29 is 9.18 Å². The van der Waals surface area contributed by atoms with Gasteiger partial charge >= 0.3 is 0 Å². The van der Waals surface area contributed by atoms with Crippen LogP contribution in [-0.2, 0) is 11.2 Å². The van der Waals surface area contributed by atoms with Crippen molar-refractivity contribution in [3.63, 3.8) is 0 Å². The lowest BCUT2D eigenvalue weighted by molar-refractivity contribution is -0.137. The molecule has 1 saturated carbocycles. The zero-order valence-corrected chi connectivity index (χ0v) is 14.3. The first-order valence-corrected chi connectivity index (χ1v) is 8.49. The van der Waals surface area contributed by atoms with Crippen LogP contribution in [0, 0.1) is 11.7 Å². The highest BCUT2D eigenvalue weighted by Gasteiger charge is 2.32. The second-order valence-electron chi connectivity index (χ2n) is 6.54. The van der Waals surface area contributed by atoms with Crippen LogP contribution >= 0.6 is 12.4 Å². The fourth-order valence-electron chi connectivity index (χ4n) is 3.69. The molecule has 23 heavy (non-hydrogen) atoms. The Morgan fingerprint density at radius 3 is 2.48 bits per heavy atom. The Labute approximate surface area is 144 Å². The Morgan fingerprint density at radius 2 is 1.87 bits per heavy atom. The maximum absolute atomic E-state index is 13.0. The Bertz CT molecular complexity index is 496. The molecule has 2 aliphatic rings. The molecule has 1 aliphatic carbocycles. The quantitative estimate of drug-likeness (QED) is 0.893. The first-order valence-electron chi connectivity index (χ1n) is 8.49. The SMILES string of the molecule is Cl.O=C(C1CCNC1)N(CCc1ccc(F)cc1)C1CCCC1. The van der Waals surface area contributed by atoms with Crippen LogP contribution in [0.15, 0.2) is 24.3 Å². The minimum atomic E-state index is -0.204. The summed E-state index contributed by atoms with van der Waals surface area (Å²) in [5, 5.41) is 3.29. The summed E-state index contributed by atoms with van der Waals surface area (Å²) in [4.78, 5) is 15.0. The van der Waals surface area contributed by atoms with Crippen LogP contribution in [0.25, 0.3) is 0 Å². The number of amides is 1. The smallest absolute Gasteiger partial charge is 0.227 e. The molecule has 1 heterocycles. The van der Waals surface area contributed by atoms with Gasteiger partial charge in [0.25, 0.3) is 0 Å². The predicted octanol–water partition coefficient (Wildman–Crippen LogP) is 3.17. The third-order valence-corrected chi connectivity index (χ3v) is 5.01. The highest BCUT2D eigenvalue weighted by Crippen LogP contribution is 2.26. The summed E-state index contributed by atoms with van der Waals surface area (Å²) in [7, 11) is 0. The van der Waals surface area contributed by atoms with E-state index in [1.807, 2.05) is 12.1 Å². The van der Waals surface area contributed by atoms with Crippen molar-refractivity contribution in [2.75, 3.05) is 19.6 Å². The zero-order valence-electron chi connectivity index (χ0n) is 13.5. The number of nitrogens with zero attached hydrogens (tertiary/aromatic N) is 1. The number of halogens is 2. The van der Waals surface area contributed by atoms with Gasteiger partial charge < -0.3 is 10.2 Å². The second kappa shape index (κ2) is 8.65. The van der Waals surface area contributed by atoms with Gasteiger partial charge in [-0.2, -0.15) is 0 Å².